The quantitative estimate of drug-likeness (QED) is 0.913. The zero-order valence-corrected chi connectivity index (χ0v) is 12.9. The third-order valence-corrected chi connectivity index (χ3v) is 3.41. The lowest BCUT2D eigenvalue weighted by Gasteiger charge is -2.28. The van der Waals surface area contributed by atoms with Crippen LogP contribution in [0.2, 0.25) is 0 Å². The van der Waals surface area contributed by atoms with Crippen molar-refractivity contribution in [1.29, 1.82) is 0 Å². The Morgan fingerprint density at radius 3 is 2.40 bits per heavy atom. The predicted molar refractivity (Wildman–Crippen MR) is 85.9 cm³/mol. The smallest absolute Gasteiger partial charge is 0.0922 e. The monoisotopic (exact) mass is 271 g/mol. The van der Waals surface area contributed by atoms with Crippen molar-refractivity contribution in [1.82, 2.24) is 4.90 Å². The second kappa shape index (κ2) is 5.94. The van der Waals surface area contributed by atoms with Gasteiger partial charge in [0, 0.05) is 13.1 Å². The summed E-state index contributed by atoms with van der Waals surface area (Å²) in [7, 11) is 2.07. The van der Waals surface area contributed by atoms with E-state index in [1.807, 2.05) is 24.3 Å². The van der Waals surface area contributed by atoms with Gasteiger partial charge < -0.3 is 10.0 Å². The van der Waals surface area contributed by atoms with Gasteiger partial charge in [-0.2, -0.15) is 0 Å². The number of likely N-dealkylation sites (N-methyl/N-ethyl adjacent to an activating group) is 1. The largest absolute Gasteiger partial charge is 0.387 e. The highest BCUT2D eigenvalue weighted by Crippen LogP contribution is 2.25. The Hall–Kier alpha value is -1.38. The van der Waals surface area contributed by atoms with Crippen molar-refractivity contribution in [2.45, 2.75) is 26.9 Å². The third-order valence-electron chi connectivity index (χ3n) is 3.41. The van der Waals surface area contributed by atoms with Crippen molar-refractivity contribution in [3.63, 3.8) is 0 Å². The summed E-state index contributed by atoms with van der Waals surface area (Å²) in [6.45, 7) is 8.27. The highest BCUT2D eigenvalue weighted by Gasteiger charge is 2.18. The molecule has 1 unspecified atom stereocenters. The average Bonchev–Trinajstić information content (AvgIpc) is 2.35. The molecule has 20 heavy (non-hydrogen) atoms. The second-order valence-corrected chi connectivity index (χ2v) is 6.84. The van der Waals surface area contributed by atoms with Crippen molar-refractivity contribution in [2.75, 3.05) is 20.1 Å². The molecule has 2 nitrogen and oxygen atoms in total. The van der Waals surface area contributed by atoms with E-state index in [9.17, 15) is 5.11 Å². The van der Waals surface area contributed by atoms with E-state index in [1.54, 1.807) is 0 Å². The molecule has 0 radical (unpaired) electrons. The molecule has 0 aliphatic carbocycles. The Kier molecular flexibility index (Phi) is 4.46. The van der Waals surface area contributed by atoms with Crippen LogP contribution in [0.4, 0.5) is 0 Å². The van der Waals surface area contributed by atoms with Gasteiger partial charge in [-0.05, 0) is 28.8 Å². The Bertz CT molecular complexity index is 566. The molecule has 0 bridgehead atoms. The van der Waals surface area contributed by atoms with Gasteiger partial charge in [-0.3, -0.25) is 0 Å². The van der Waals surface area contributed by atoms with E-state index < -0.39 is 6.10 Å². The minimum absolute atomic E-state index is 0.243. The van der Waals surface area contributed by atoms with Crippen LogP contribution >= 0.6 is 0 Å². The lowest BCUT2D eigenvalue weighted by Crippen LogP contribution is -2.32. The van der Waals surface area contributed by atoms with Gasteiger partial charge in [-0.15, -0.1) is 0 Å². The van der Waals surface area contributed by atoms with Crippen molar-refractivity contribution in [3.05, 3.63) is 48.0 Å². The number of hydrogen-bond acceptors (Lipinski definition) is 2. The van der Waals surface area contributed by atoms with Gasteiger partial charge in [0.2, 0.25) is 0 Å². The standard InChI is InChI=1S/C18H25NO/c1-18(2,3)13-19(4)12-17(20)16-11-7-9-14-8-5-6-10-15(14)16/h5-11,17,20H,12-13H2,1-4H3. The molecule has 1 N–H and O–H groups in total. The van der Waals surface area contributed by atoms with Crippen LogP contribution in [0.25, 0.3) is 10.8 Å². The van der Waals surface area contributed by atoms with Crippen molar-refractivity contribution < 1.29 is 5.11 Å². The molecule has 108 valence electrons. The molecular formula is C18H25NO. The highest BCUT2D eigenvalue weighted by atomic mass is 16.3. The fourth-order valence-corrected chi connectivity index (χ4v) is 2.81. The first-order valence-electron chi connectivity index (χ1n) is 7.21. The third kappa shape index (κ3) is 3.81. The molecule has 2 heteroatoms. The number of rotatable bonds is 4. The van der Waals surface area contributed by atoms with Gasteiger partial charge >= 0.3 is 0 Å². The maximum absolute atomic E-state index is 10.5. The molecule has 0 aliphatic rings. The average molecular weight is 271 g/mol. The number of benzene rings is 2. The summed E-state index contributed by atoms with van der Waals surface area (Å²) >= 11 is 0. The minimum Gasteiger partial charge on any atom is -0.387 e. The van der Waals surface area contributed by atoms with Crippen LogP contribution in [0.3, 0.4) is 0 Å². The lowest BCUT2D eigenvalue weighted by molar-refractivity contribution is 0.109. The number of aliphatic hydroxyl groups is 1. The molecule has 0 aliphatic heterocycles. The minimum atomic E-state index is -0.451. The van der Waals surface area contributed by atoms with Gasteiger partial charge in [0.1, 0.15) is 0 Å². The van der Waals surface area contributed by atoms with Crippen molar-refractivity contribution in [2.24, 2.45) is 5.41 Å². The normalized spacial score (nSPS) is 13.9. The highest BCUT2D eigenvalue weighted by molar-refractivity contribution is 5.85. The summed E-state index contributed by atoms with van der Waals surface area (Å²) in [5, 5.41) is 12.9. The lowest BCUT2D eigenvalue weighted by atomic mass is 9.95. The van der Waals surface area contributed by atoms with E-state index in [0.717, 1.165) is 17.5 Å². The van der Waals surface area contributed by atoms with Gasteiger partial charge in [0.25, 0.3) is 0 Å². The molecule has 0 heterocycles. The fourth-order valence-electron chi connectivity index (χ4n) is 2.81. The van der Waals surface area contributed by atoms with E-state index in [-0.39, 0.29) is 5.41 Å². The molecule has 1 atom stereocenters. The van der Waals surface area contributed by atoms with Crippen LogP contribution < -0.4 is 0 Å². The van der Waals surface area contributed by atoms with Crippen LogP contribution in [0, 0.1) is 5.41 Å². The Labute approximate surface area is 122 Å². The molecule has 0 saturated heterocycles. The van der Waals surface area contributed by atoms with E-state index >= 15 is 0 Å². The van der Waals surface area contributed by atoms with Crippen molar-refractivity contribution in [3.8, 4) is 0 Å². The second-order valence-electron chi connectivity index (χ2n) is 6.84. The molecule has 0 spiro atoms. The number of aliphatic hydroxyl groups excluding tert-OH is 1. The summed E-state index contributed by atoms with van der Waals surface area (Å²) in [5.74, 6) is 0. The number of hydrogen-bond donors (Lipinski definition) is 1. The Morgan fingerprint density at radius 1 is 1.05 bits per heavy atom. The summed E-state index contributed by atoms with van der Waals surface area (Å²) < 4.78 is 0. The first kappa shape index (κ1) is 15.0. The topological polar surface area (TPSA) is 23.5 Å². The Morgan fingerprint density at radius 2 is 1.70 bits per heavy atom. The molecule has 2 aromatic rings. The van der Waals surface area contributed by atoms with E-state index in [0.29, 0.717) is 6.54 Å². The molecule has 0 fully saturated rings. The number of fused-ring (bicyclic) bond motifs is 1. The molecule has 2 aromatic carbocycles. The zero-order chi connectivity index (χ0) is 14.8. The Balaban J connectivity index is 2.17. The first-order valence-corrected chi connectivity index (χ1v) is 7.21. The summed E-state index contributed by atoms with van der Waals surface area (Å²) in [6, 6.07) is 14.4. The summed E-state index contributed by atoms with van der Waals surface area (Å²) in [4.78, 5) is 2.20. The number of nitrogens with zero attached hydrogens (tertiary/aromatic N) is 1. The molecule has 0 aromatic heterocycles. The van der Waals surface area contributed by atoms with Gasteiger partial charge in [0.15, 0.2) is 0 Å². The van der Waals surface area contributed by atoms with Crippen LogP contribution in [0.15, 0.2) is 42.5 Å². The van der Waals surface area contributed by atoms with Gasteiger partial charge in [-0.1, -0.05) is 63.2 Å². The zero-order valence-electron chi connectivity index (χ0n) is 12.9. The van der Waals surface area contributed by atoms with E-state index in [2.05, 4.69) is 50.9 Å². The predicted octanol–water partition coefficient (Wildman–Crippen LogP) is 3.85. The van der Waals surface area contributed by atoms with Crippen LogP contribution in [0.1, 0.15) is 32.4 Å². The SMILES string of the molecule is CN(CC(O)c1cccc2ccccc12)CC(C)(C)C. The summed E-state index contributed by atoms with van der Waals surface area (Å²) in [5.41, 5.74) is 1.26. The van der Waals surface area contributed by atoms with Gasteiger partial charge in [-0.25, -0.2) is 0 Å². The van der Waals surface area contributed by atoms with Gasteiger partial charge in [0.05, 0.1) is 6.10 Å². The van der Waals surface area contributed by atoms with Crippen LogP contribution in [0.5, 0.6) is 0 Å². The first-order chi connectivity index (χ1) is 9.37. The molecule has 0 amide bonds. The van der Waals surface area contributed by atoms with E-state index in [1.165, 1.54) is 5.39 Å². The summed E-state index contributed by atoms with van der Waals surface area (Å²) in [6.07, 6.45) is -0.451. The van der Waals surface area contributed by atoms with E-state index in [4.69, 9.17) is 0 Å². The maximum Gasteiger partial charge on any atom is 0.0922 e. The molecular weight excluding hydrogens is 246 g/mol. The fraction of sp³-hybridized carbons (Fsp3) is 0.444. The van der Waals surface area contributed by atoms with Crippen LogP contribution in [-0.4, -0.2) is 30.1 Å². The molecule has 2 rings (SSSR count). The molecule has 0 saturated carbocycles. The van der Waals surface area contributed by atoms with Crippen LogP contribution in [-0.2, 0) is 0 Å². The maximum atomic E-state index is 10.5. The van der Waals surface area contributed by atoms with Crippen molar-refractivity contribution >= 4 is 10.8 Å².